The molecule has 0 spiro atoms. The number of nitrogens with zero attached hydrogens (tertiary/aromatic N) is 7. The smallest absolute Gasteiger partial charge is 0.341 e. The number of aromatic nitrogens is 6. The van der Waals surface area contributed by atoms with E-state index in [1.807, 2.05) is 31.7 Å². The molecule has 0 atom stereocenters. The van der Waals surface area contributed by atoms with Crippen molar-refractivity contribution in [2.45, 2.75) is 46.6 Å². The van der Waals surface area contributed by atoms with E-state index in [1.165, 1.54) is 17.1 Å². The molecule has 5 heterocycles. The van der Waals surface area contributed by atoms with Gasteiger partial charge in [0.2, 0.25) is 16.4 Å². The van der Waals surface area contributed by atoms with Crippen LogP contribution in [-0.4, -0.2) is 65.2 Å². The van der Waals surface area contributed by atoms with Crippen LogP contribution >= 0.6 is 11.5 Å². The van der Waals surface area contributed by atoms with Crippen LogP contribution in [0.1, 0.15) is 54.8 Å². The van der Waals surface area contributed by atoms with Crippen molar-refractivity contribution in [3.63, 3.8) is 0 Å². The summed E-state index contributed by atoms with van der Waals surface area (Å²) in [5.41, 5.74) is 0.608. The first kappa shape index (κ1) is 26.5. The van der Waals surface area contributed by atoms with Gasteiger partial charge in [-0.05, 0) is 38.8 Å². The molecule has 0 aromatic carbocycles. The Morgan fingerprint density at radius 2 is 2.03 bits per heavy atom. The molecule has 1 fully saturated rings. The molecule has 0 amide bonds. The summed E-state index contributed by atoms with van der Waals surface area (Å²) in [5.74, 6) is -0.129. The van der Waals surface area contributed by atoms with Crippen LogP contribution in [0.3, 0.4) is 0 Å². The molecule has 0 bridgehead atoms. The highest BCUT2D eigenvalue weighted by atomic mass is 32.1. The Morgan fingerprint density at radius 1 is 1.26 bits per heavy atom. The molecule has 1 aliphatic heterocycles. The van der Waals surface area contributed by atoms with Gasteiger partial charge in [-0.25, -0.2) is 19.4 Å². The Bertz CT molecular complexity index is 1600. The van der Waals surface area contributed by atoms with E-state index in [0.29, 0.717) is 53.4 Å². The Balaban J connectivity index is 1.37. The minimum atomic E-state index is -1.32. The number of ether oxygens (including phenoxy) is 1. The fourth-order valence-corrected chi connectivity index (χ4v) is 5.11. The summed E-state index contributed by atoms with van der Waals surface area (Å²) < 4.78 is 13.1. The van der Waals surface area contributed by atoms with Crippen molar-refractivity contribution in [3.8, 4) is 11.0 Å². The lowest BCUT2D eigenvalue weighted by molar-refractivity contribution is -0.123. The van der Waals surface area contributed by atoms with Crippen molar-refractivity contribution in [1.82, 2.24) is 28.7 Å². The molecule has 4 aromatic rings. The van der Waals surface area contributed by atoms with E-state index < -0.39 is 11.4 Å². The molecule has 0 saturated carbocycles. The predicted molar refractivity (Wildman–Crippen MR) is 145 cm³/mol. The van der Waals surface area contributed by atoms with Crippen LogP contribution in [0, 0.1) is 12.8 Å². The van der Waals surface area contributed by atoms with Crippen molar-refractivity contribution in [3.05, 3.63) is 51.7 Å². The molecule has 1 saturated heterocycles. The van der Waals surface area contributed by atoms with Gasteiger partial charge in [0.05, 0.1) is 36.1 Å². The standard InChI is InChI=1S/C26H29N7O5S/c1-5-6-38-21-9-17(30-33(21)14(2)3)8-19(34)16-10-31(11-16)20-7-15(4)22-23(35)18(25(36)37)12-32(24(22)29-20)26-27-13-28-39-26/h7,9,12-14,16H,5-6,8,10-11H2,1-4H3,(H,36,37). The third kappa shape index (κ3) is 5.01. The van der Waals surface area contributed by atoms with E-state index >= 15 is 0 Å². The number of pyridine rings is 2. The first-order valence-corrected chi connectivity index (χ1v) is 13.5. The fraction of sp³-hybridized carbons (Fsp3) is 0.423. The minimum Gasteiger partial charge on any atom is -0.478 e. The van der Waals surface area contributed by atoms with E-state index in [1.54, 1.807) is 17.7 Å². The van der Waals surface area contributed by atoms with E-state index in [2.05, 4.69) is 14.5 Å². The molecule has 1 N–H and O–H groups in total. The lowest BCUT2D eigenvalue weighted by Crippen LogP contribution is -2.51. The van der Waals surface area contributed by atoms with Crippen molar-refractivity contribution in [2.75, 3.05) is 24.6 Å². The third-order valence-electron chi connectivity index (χ3n) is 6.64. The largest absolute Gasteiger partial charge is 0.478 e. The number of hydrogen-bond donors (Lipinski definition) is 1. The highest BCUT2D eigenvalue weighted by Crippen LogP contribution is 2.29. The Morgan fingerprint density at radius 3 is 2.67 bits per heavy atom. The van der Waals surface area contributed by atoms with Gasteiger partial charge in [-0.15, -0.1) is 0 Å². The Kier molecular flexibility index (Phi) is 7.17. The van der Waals surface area contributed by atoms with Crippen LogP contribution in [0.4, 0.5) is 5.82 Å². The van der Waals surface area contributed by atoms with Crippen LogP contribution < -0.4 is 15.1 Å². The number of aryl methyl sites for hydroxylation is 1. The SMILES string of the molecule is CCCOc1cc(CC(=O)C2CN(c3cc(C)c4c(=O)c(C(=O)O)cn(-c5ncns5)c4n3)C2)nn1C(C)C. The van der Waals surface area contributed by atoms with Crippen LogP contribution in [0.5, 0.6) is 5.88 Å². The topological polar surface area (TPSA) is 145 Å². The monoisotopic (exact) mass is 551 g/mol. The quantitative estimate of drug-likeness (QED) is 0.312. The molecular formula is C26H29N7O5S. The van der Waals surface area contributed by atoms with Crippen LogP contribution in [0.2, 0.25) is 0 Å². The van der Waals surface area contributed by atoms with Gasteiger partial charge in [0.25, 0.3) is 0 Å². The zero-order valence-corrected chi connectivity index (χ0v) is 22.9. The summed E-state index contributed by atoms with van der Waals surface area (Å²) in [5, 5.41) is 14.8. The molecule has 0 unspecified atom stereocenters. The zero-order valence-electron chi connectivity index (χ0n) is 22.1. The second-order valence-electron chi connectivity index (χ2n) is 9.87. The normalized spacial score (nSPS) is 13.7. The maximum absolute atomic E-state index is 13.1. The van der Waals surface area contributed by atoms with Crippen molar-refractivity contribution < 1.29 is 19.4 Å². The first-order chi connectivity index (χ1) is 18.7. The minimum absolute atomic E-state index is 0.0936. The number of carbonyl (C=O) groups is 2. The highest BCUT2D eigenvalue weighted by molar-refractivity contribution is 7.08. The van der Waals surface area contributed by atoms with Gasteiger partial charge in [0, 0.05) is 36.9 Å². The summed E-state index contributed by atoms with van der Waals surface area (Å²) in [6, 6.07) is 3.71. The molecule has 1 aliphatic rings. The second kappa shape index (κ2) is 10.6. The number of anilines is 1. The Labute approximate surface area is 228 Å². The van der Waals surface area contributed by atoms with Gasteiger partial charge in [-0.3, -0.25) is 14.2 Å². The Hall–Kier alpha value is -4.13. The molecule has 0 radical (unpaired) electrons. The molecule has 4 aromatic heterocycles. The van der Waals surface area contributed by atoms with Gasteiger partial charge in [0.1, 0.15) is 23.5 Å². The number of Topliss-reactive ketones (excluding diaryl/α,β-unsaturated/α-hetero) is 1. The number of ketones is 1. The number of carboxylic acid groups (broad SMARTS) is 1. The summed E-state index contributed by atoms with van der Waals surface area (Å²) in [6.07, 6.45) is 3.70. The van der Waals surface area contributed by atoms with Gasteiger partial charge in [-0.1, -0.05) is 6.92 Å². The molecule has 39 heavy (non-hydrogen) atoms. The van der Waals surface area contributed by atoms with Crippen molar-refractivity contribution in [2.24, 2.45) is 5.92 Å². The molecular weight excluding hydrogens is 522 g/mol. The average molecular weight is 552 g/mol. The van der Waals surface area contributed by atoms with Gasteiger partial charge in [0.15, 0.2) is 5.65 Å². The number of hydrogen-bond acceptors (Lipinski definition) is 10. The molecule has 13 heteroatoms. The highest BCUT2D eigenvalue weighted by Gasteiger charge is 2.34. The van der Waals surface area contributed by atoms with E-state index in [0.717, 1.165) is 18.0 Å². The lowest BCUT2D eigenvalue weighted by atomic mass is 9.92. The molecule has 0 aliphatic carbocycles. The van der Waals surface area contributed by atoms with Crippen molar-refractivity contribution >= 4 is 40.1 Å². The fourth-order valence-electron chi connectivity index (χ4n) is 4.60. The number of aromatic carboxylic acids is 1. The summed E-state index contributed by atoms with van der Waals surface area (Å²) in [7, 11) is 0. The maximum Gasteiger partial charge on any atom is 0.341 e. The molecule has 5 rings (SSSR count). The van der Waals surface area contributed by atoms with Crippen LogP contribution in [0.25, 0.3) is 16.2 Å². The zero-order chi connectivity index (χ0) is 27.8. The molecule has 204 valence electrons. The predicted octanol–water partition coefficient (Wildman–Crippen LogP) is 3.06. The van der Waals surface area contributed by atoms with Crippen LogP contribution in [0.15, 0.2) is 29.5 Å². The summed E-state index contributed by atoms with van der Waals surface area (Å²) in [4.78, 5) is 48.6. The van der Waals surface area contributed by atoms with Crippen molar-refractivity contribution in [1.29, 1.82) is 0 Å². The average Bonchev–Trinajstić information content (AvgIpc) is 3.52. The number of carbonyl (C=O) groups excluding carboxylic acids is 1. The summed E-state index contributed by atoms with van der Waals surface area (Å²) >= 11 is 1.06. The van der Waals surface area contributed by atoms with Gasteiger partial charge >= 0.3 is 5.97 Å². The lowest BCUT2D eigenvalue weighted by Gasteiger charge is -2.39. The number of carboxylic acids is 1. The number of rotatable bonds is 10. The third-order valence-corrected chi connectivity index (χ3v) is 7.30. The summed E-state index contributed by atoms with van der Waals surface area (Å²) in [6.45, 7) is 9.38. The van der Waals surface area contributed by atoms with E-state index in [9.17, 15) is 19.5 Å². The maximum atomic E-state index is 13.1. The van der Waals surface area contributed by atoms with E-state index in [-0.39, 0.29) is 35.1 Å². The van der Waals surface area contributed by atoms with Gasteiger partial charge in [-0.2, -0.15) is 9.47 Å². The van der Waals surface area contributed by atoms with E-state index in [4.69, 9.17) is 9.72 Å². The number of fused-ring (bicyclic) bond motifs is 1. The first-order valence-electron chi connectivity index (χ1n) is 12.7. The molecule has 12 nitrogen and oxygen atoms in total. The van der Waals surface area contributed by atoms with Crippen LogP contribution in [-0.2, 0) is 11.2 Å². The second-order valence-corrected chi connectivity index (χ2v) is 10.6. The van der Waals surface area contributed by atoms with Gasteiger partial charge < -0.3 is 14.7 Å².